The lowest BCUT2D eigenvalue weighted by Crippen LogP contribution is -2.46. The topological polar surface area (TPSA) is 13.0 Å². The van der Waals surface area contributed by atoms with Crippen LogP contribution >= 0.6 is 0 Å². The van der Waals surface area contributed by atoms with Gasteiger partial charge in [-0.15, -0.1) is 0 Å². The van der Waals surface area contributed by atoms with Gasteiger partial charge in [-0.3, -0.25) is 0 Å². The molecule has 0 atom stereocenters. The van der Waals surface area contributed by atoms with Gasteiger partial charge in [0.15, 0.2) is 0 Å². The van der Waals surface area contributed by atoms with Crippen molar-refractivity contribution in [2.75, 3.05) is 65.5 Å². The van der Waals surface area contributed by atoms with E-state index in [1.165, 1.54) is 99.8 Å². The number of para-hydroxylation sites is 4. The van der Waals surface area contributed by atoms with Gasteiger partial charge in [0.25, 0.3) is 0 Å². The standard InChI is InChI=1S/C32H36N4.C14H30/c1-5-14-29(15-6-1)33-22-13-23-34(30-16-7-2-8-17-30)25-27-36(32-20-11-4-12-21-32)28-35(26-24-33)31-18-9-3-10-19-31;1-3-5-7-9-11-13-14-12-10-8-6-4-2/h1-12,14-21H,13,22-28H2;3-14H2,1-2H3. The predicted octanol–water partition coefficient (Wildman–Crippen LogP) is 12.1. The van der Waals surface area contributed by atoms with Gasteiger partial charge in [0, 0.05) is 62.0 Å². The van der Waals surface area contributed by atoms with E-state index in [4.69, 9.17) is 0 Å². The molecule has 1 aliphatic rings. The van der Waals surface area contributed by atoms with Crippen LogP contribution in [0, 0.1) is 0 Å². The lowest BCUT2D eigenvalue weighted by molar-refractivity contribution is 0.548. The Hall–Kier alpha value is -3.92. The Morgan fingerprint density at radius 1 is 0.320 bits per heavy atom. The van der Waals surface area contributed by atoms with E-state index >= 15 is 0 Å². The quantitative estimate of drug-likeness (QED) is 0.116. The fourth-order valence-electron chi connectivity index (χ4n) is 6.91. The first-order valence-corrected chi connectivity index (χ1v) is 20.0. The fourth-order valence-corrected chi connectivity index (χ4v) is 6.91. The Bertz CT molecular complexity index is 1240. The molecule has 0 spiro atoms. The summed E-state index contributed by atoms with van der Waals surface area (Å²) in [6, 6.07) is 43.5. The summed E-state index contributed by atoms with van der Waals surface area (Å²) in [6.07, 6.45) is 18.5. The van der Waals surface area contributed by atoms with Gasteiger partial charge in [0.1, 0.15) is 0 Å². The zero-order chi connectivity index (χ0) is 34.9. The van der Waals surface area contributed by atoms with Gasteiger partial charge in [0.2, 0.25) is 0 Å². The number of rotatable bonds is 15. The highest BCUT2D eigenvalue weighted by Gasteiger charge is 2.18. The van der Waals surface area contributed by atoms with Crippen LogP contribution in [-0.4, -0.2) is 45.9 Å². The van der Waals surface area contributed by atoms with Gasteiger partial charge in [-0.25, -0.2) is 0 Å². The predicted molar refractivity (Wildman–Crippen MR) is 221 cm³/mol. The highest BCUT2D eigenvalue weighted by molar-refractivity contribution is 5.54. The SMILES string of the molecule is CCCCCCCCCCCCCC.c1ccc(N2CCCN(c3ccccc3)CCN(c3ccccc3)CN(c3ccccc3)CC2)cc1. The van der Waals surface area contributed by atoms with Gasteiger partial charge < -0.3 is 19.6 Å². The zero-order valence-corrected chi connectivity index (χ0v) is 31.5. The third-order valence-electron chi connectivity index (χ3n) is 9.92. The summed E-state index contributed by atoms with van der Waals surface area (Å²) >= 11 is 0. The number of hydrogen-bond acceptors (Lipinski definition) is 4. The van der Waals surface area contributed by atoms with Crippen molar-refractivity contribution < 1.29 is 0 Å². The molecule has 0 radical (unpaired) electrons. The maximum Gasteiger partial charge on any atom is 0.0904 e. The van der Waals surface area contributed by atoms with Crippen LogP contribution < -0.4 is 19.6 Å². The average molecular weight is 675 g/mol. The van der Waals surface area contributed by atoms with E-state index in [9.17, 15) is 0 Å². The molecule has 50 heavy (non-hydrogen) atoms. The number of unbranched alkanes of at least 4 members (excludes halogenated alkanes) is 11. The van der Waals surface area contributed by atoms with E-state index in [-0.39, 0.29) is 0 Å². The van der Waals surface area contributed by atoms with Gasteiger partial charge in [-0.2, -0.15) is 0 Å². The normalized spacial score (nSPS) is 14.4. The van der Waals surface area contributed by atoms with Crippen LogP contribution in [0.25, 0.3) is 0 Å². The minimum Gasteiger partial charge on any atom is -0.370 e. The maximum absolute atomic E-state index is 2.55. The Balaban J connectivity index is 0.000000341. The smallest absolute Gasteiger partial charge is 0.0904 e. The monoisotopic (exact) mass is 675 g/mol. The van der Waals surface area contributed by atoms with Crippen molar-refractivity contribution in [3.05, 3.63) is 121 Å². The van der Waals surface area contributed by atoms with Crippen molar-refractivity contribution in [2.45, 2.75) is 97.3 Å². The second-order valence-corrected chi connectivity index (χ2v) is 13.9. The van der Waals surface area contributed by atoms with Crippen LogP contribution in [0.15, 0.2) is 121 Å². The minimum atomic E-state index is 0.847. The Morgan fingerprint density at radius 3 is 0.880 bits per heavy atom. The molecule has 1 aliphatic heterocycles. The molecule has 1 saturated heterocycles. The summed E-state index contributed by atoms with van der Waals surface area (Å²) in [6.45, 7) is 11.4. The third-order valence-corrected chi connectivity index (χ3v) is 9.92. The Morgan fingerprint density at radius 2 is 0.580 bits per heavy atom. The molecular formula is C46H66N4. The maximum atomic E-state index is 2.55. The first kappa shape index (κ1) is 38.9. The first-order valence-electron chi connectivity index (χ1n) is 20.0. The van der Waals surface area contributed by atoms with Gasteiger partial charge in [-0.05, 0) is 55.0 Å². The van der Waals surface area contributed by atoms with Crippen LogP contribution in [0.1, 0.15) is 97.3 Å². The highest BCUT2D eigenvalue weighted by atomic mass is 15.3. The van der Waals surface area contributed by atoms with E-state index in [0.717, 1.165) is 52.4 Å². The molecule has 0 saturated carbocycles. The van der Waals surface area contributed by atoms with E-state index < -0.39 is 0 Å². The molecule has 4 nitrogen and oxygen atoms in total. The number of nitrogens with zero attached hydrogens (tertiary/aromatic N) is 4. The van der Waals surface area contributed by atoms with Crippen molar-refractivity contribution in [3.63, 3.8) is 0 Å². The van der Waals surface area contributed by atoms with Crippen LogP contribution in [0.3, 0.4) is 0 Å². The second kappa shape index (κ2) is 24.3. The lowest BCUT2D eigenvalue weighted by atomic mass is 10.1. The van der Waals surface area contributed by atoms with E-state index in [2.05, 4.69) is 155 Å². The van der Waals surface area contributed by atoms with Crippen LogP contribution in [-0.2, 0) is 0 Å². The largest absolute Gasteiger partial charge is 0.370 e. The molecule has 4 aromatic carbocycles. The van der Waals surface area contributed by atoms with Crippen molar-refractivity contribution in [1.82, 2.24) is 0 Å². The van der Waals surface area contributed by atoms with E-state index in [1.807, 2.05) is 0 Å². The number of hydrogen-bond donors (Lipinski definition) is 0. The van der Waals surface area contributed by atoms with Crippen LogP contribution in [0.4, 0.5) is 22.7 Å². The summed E-state index contributed by atoms with van der Waals surface area (Å²) in [5.41, 5.74) is 5.13. The summed E-state index contributed by atoms with van der Waals surface area (Å²) < 4.78 is 0. The molecule has 0 amide bonds. The molecule has 4 aromatic rings. The van der Waals surface area contributed by atoms with Crippen molar-refractivity contribution in [2.24, 2.45) is 0 Å². The highest BCUT2D eigenvalue weighted by Crippen LogP contribution is 2.22. The minimum absolute atomic E-state index is 0.847. The molecule has 270 valence electrons. The molecule has 0 aliphatic carbocycles. The van der Waals surface area contributed by atoms with Gasteiger partial charge >= 0.3 is 0 Å². The Kier molecular flexibility index (Phi) is 18.9. The summed E-state index contributed by atoms with van der Waals surface area (Å²) in [7, 11) is 0. The lowest BCUT2D eigenvalue weighted by Gasteiger charge is -2.38. The molecule has 1 fully saturated rings. The van der Waals surface area contributed by atoms with E-state index in [1.54, 1.807) is 0 Å². The summed E-state index contributed by atoms with van der Waals surface area (Å²) in [5, 5.41) is 0. The number of benzene rings is 4. The van der Waals surface area contributed by atoms with E-state index in [0.29, 0.717) is 0 Å². The summed E-state index contributed by atoms with van der Waals surface area (Å²) in [4.78, 5) is 10.1. The third kappa shape index (κ3) is 14.5. The number of anilines is 4. The van der Waals surface area contributed by atoms with Gasteiger partial charge in [0.05, 0.1) is 6.67 Å². The molecule has 0 aromatic heterocycles. The second-order valence-electron chi connectivity index (χ2n) is 13.9. The average Bonchev–Trinajstić information content (AvgIpc) is 3.17. The molecule has 5 rings (SSSR count). The fraction of sp³-hybridized carbons (Fsp3) is 0.478. The van der Waals surface area contributed by atoms with Crippen molar-refractivity contribution >= 4 is 22.7 Å². The first-order chi connectivity index (χ1) is 24.8. The van der Waals surface area contributed by atoms with Crippen molar-refractivity contribution in [3.8, 4) is 0 Å². The van der Waals surface area contributed by atoms with Crippen LogP contribution in [0.5, 0.6) is 0 Å². The zero-order valence-electron chi connectivity index (χ0n) is 31.5. The van der Waals surface area contributed by atoms with Gasteiger partial charge in [-0.1, -0.05) is 164 Å². The molecule has 1 heterocycles. The van der Waals surface area contributed by atoms with Crippen LogP contribution in [0.2, 0.25) is 0 Å². The molecule has 0 unspecified atom stereocenters. The molecule has 4 heteroatoms. The molecule has 0 bridgehead atoms. The summed E-state index contributed by atoms with van der Waals surface area (Å²) in [5.74, 6) is 0. The molecule has 0 N–H and O–H groups in total. The Labute approximate surface area is 306 Å². The molecular weight excluding hydrogens is 609 g/mol. The van der Waals surface area contributed by atoms with Crippen molar-refractivity contribution in [1.29, 1.82) is 0 Å².